The van der Waals surface area contributed by atoms with E-state index in [1.807, 2.05) is 53.4 Å². The zero-order chi connectivity index (χ0) is 19.3. The lowest BCUT2D eigenvalue weighted by atomic mass is 10.1. The third kappa shape index (κ3) is 3.96. The van der Waals surface area contributed by atoms with Gasteiger partial charge in [-0.25, -0.2) is 4.98 Å². The molecular formula is C22H22N4O2. The molecule has 2 amide bonds. The molecule has 0 aliphatic carbocycles. The zero-order valence-corrected chi connectivity index (χ0v) is 15.5. The van der Waals surface area contributed by atoms with Crippen LogP contribution < -0.4 is 5.32 Å². The molecule has 0 bridgehead atoms. The Balaban J connectivity index is 1.37. The predicted molar refractivity (Wildman–Crippen MR) is 107 cm³/mol. The summed E-state index contributed by atoms with van der Waals surface area (Å²) < 4.78 is 0. The number of aromatic amines is 1. The van der Waals surface area contributed by atoms with Crippen LogP contribution in [0, 0.1) is 0 Å². The van der Waals surface area contributed by atoms with Gasteiger partial charge in [-0.3, -0.25) is 9.59 Å². The van der Waals surface area contributed by atoms with Gasteiger partial charge in [0.1, 0.15) is 11.4 Å². The molecule has 0 radical (unpaired) electrons. The van der Waals surface area contributed by atoms with Gasteiger partial charge in [0.15, 0.2) is 0 Å². The van der Waals surface area contributed by atoms with Crippen LogP contribution in [0.3, 0.4) is 0 Å². The maximum absolute atomic E-state index is 12.7. The second-order valence-electron chi connectivity index (χ2n) is 6.94. The number of rotatable bonds is 6. The molecule has 4 rings (SSSR count). The molecule has 1 fully saturated rings. The van der Waals surface area contributed by atoms with Gasteiger partial charge >= 0.3 is 0 Å². The first-order chi connectivity index (χ1) is 13.7. The Hall–Kier alpha value is -3.41. The molecule has 142 valence electrons. The molecule has 28 heavy (non-hydrogen) atoms. The normalized spacial score (nSPS) is 16.4. The lowest BCUT2D eigenvalue weighted by molar-refractivity contribution is -0.127. The number of nitrogens with one attached hydrogen (secondary N) is 2. The largest absolute Gasteiger partial charge is 0.346 e. The highest BCUT2D eigenvalue weighted by atomic mass is 16.2. The summed E-state index contributed by atoms with van der Waals surface area (Å²) >= 11 is 0. The van der Waals surface area contributed by atoms with Crippen LogP contribution in [0.4, 0.5) is 0 Å². The minimum absolute atomic E-state index is 0.0779. The molecule has 3 aromatic rings. The third-order valence-corrected chi connectivity index (χ3v) is 4.98. The Morgan fingerprint density at radius 3 is 2.57 bits per heavy atom. The highest BCUT2D eigenvalue weighted by Gasteiger charge is 2.31. The SMILES string of the molecule is O=C(N[C@@H]1CC(=O)N(CCc2ccccc2)C1)c1[nH]cnc1-c1ccccc1. The molecule has 0 unspecified atom stereocenters. The van der Waals surface area contributed by atoms with Crippen molar-refractivity contribution in [2.24, 2.45) is 0 Å². The van der Waals surface area contributed by atoms with Crippen molar-refractivity contribution in [1.29, 1.82) is 0 Å². The lowest BCUT2D eigenvalue weighted by Crippen LogP contribution is -2.37. The van der Waals surface area contributed by atoms with Gasteiger partial charge in [0, 0.05) is 25.1 Å². The van der Waals surface area contributed by atoms with Crippen LogP contribution in [0.5, 0.6) is 0 Å². The minimum Gasteiger partial charge on any atom is -0.346 e. The van der Waals surface area contributed by atoms with E-state index in [2.05, 4.69) is 27.4 Å². The molecule has 6 heteroatoms. The number of likely N-dealkylation sites (tertiary alicyclic amines) is 1. The zero-order valence-electron chi connectivity index (χ0n) is 15.5. The van der Waals surface area contributed by atoms with Gasteiger partial charge in [-0.1, -0.05) is 60.7 Å². The number of nitrogens with zero attached hydrogens (tertiary/aromatic N) is 2. The molecule has 0 saturated carbocycles. The maximum Gasteiger partial charge on any atom is 0.270 e. The number of carbonyl (C=O) groups excluding carboxylic acids is 2. The van der Waals surface area contributed by atoms with Gasteiger partial charge in [0.2, 0.25) is 5.91 Å². The molecule has 0 spiro atoms. The monoisotopic (exact) mass is 374 g/mol. The summed E-state index contributed by atoms with van der Waals surface area (Å²) in [7, 11) is 0. The van der Waals surface area contributed by atoms with Crippen molar-refractivity contribution in [3.63, 3.8) is 0 Å². The van der Waals surface area contributed by atoms with Crippen molar-refractivity contribution in [2.45, 2.75) is 18.9 Å². The lowest BCUT2D eigenvalue weighted by Gasteiger charge is -2.17. The summed E-state index contributed by atoms with van der Waals surface area (Å²) in [5.41, 5.74) is 3.11. The van der Waals surface area contributed by atoms with E-state index >= 15 is 0 Å². The second kappa shape index (κ2) is 8.08. The standard InChI is InChI=1S/C22H22N4O2/c27-19-13-18(14-26(19)12-11-16-7-3-1-4-8-16)25-22(28)21-20(23-15-24-21)17-9-5-2-6-10-17/h1-10,15,18H,11-14H2,(H,23,24)(H,25,28)/t18-/m1/s1. The van der Waals surface area contributed by atoms with Crippen LogP contribution in [-0.4, -0.2) is 45.8 Å². The highest BCUT2D eigenvalue weighted by Crippen LogP contribution is 2.20. The summed E-state index contributed by atoms with van der Waals surface area (Å²) in [5.74, 6) is -0.159. The van der Waals surface area contributed by atoms with Gasteiger partial charge in [-0.15, -0.1) is 0 Å². The Labute approximate surface area is 163 Å². The number of H-pyrrole nitrogens is 1. The first-order valence-corrected chi connectivity index (χ1v) is 9.42. The van der Waals surface area contributed by atoms with E-state index in [9.17, 15) is 9.59 Å². The quantitative estimate of drug-likeness (QED) is 0.696. The van der Waals surface area contributed by atoms with E-state index in [1.54, 1.807) is 0 Å². The molecule has 1 aliphatic rings. The van der Waals surface area contributed by atoms with Gasteiger partial charge in [-0.05, 0) is 12.0 Å². The maximum atomic E-state index is 12.7. The van der Waals surface area contributed by atoms with E-state index in [-0.39, 0.29) is 17.9 Å². The molecular weight excluding hydrogens is 352 g/mol. The van der Waals surface area contributed by atoms with E-state index in [1.165, 1.54) is 11.9 Å². The molecule has 2 aromatic carbocycles. The second-order valence-corrected chi connectivity index (χ2v) is 6.94. The van der Waals surface area contributed by atoms with E-state index < -0.39 is 0 Å². The smallest absolute Gasteiger partial charge is 0.270 e. The molecule has 1 aromatic heterocycles. The van der Waals surface area contributed by atoms with Crippen LogP contribution >= 0.6 is 0 Å². The number of amides is 2. The molecule has 1 saturated heterocycles. The molecule has 6 nitrogen and oxygen atoms in total. The first-order valence-electron chi connectivity index (χ1n) is 9.42. The van der Waals surface area contributed by atoms with Gasteiger partial charge in [0.05, 0.1) is 12.4 Å². The fourth-order valence-electron chi connectivity index (χ4n) is 3.53. The van der Waals surface area contributed by atoms with Crippen molar-refractivity contribution in [2.75, 3.05) is 13.1 Å². The fraction of sp³-hybridized carbons (Fsp3) is 0.227. The third-order valence-electron chi connectivity index (χ3n) is 4.98. The number of carbonyl (C=O) groups is 2. The average Bonchev–Trinajstić information content (AvgIpc) is 3.35. The van der Waals surface area contributed by atoms with E-state index in [4.69, 9.17) is 0 Å². The summed E-state index contributed by atoms with van der Waals surface area (Å²) in [6.45, 7) is 1.20. The van der Waals surface area contributed by atoms with Gasteiger partial charge in [0.25, 0.3) is 5.91 Å². The highest BCUT2D eigenvalue weighted by molar-refractivity contribution is 5.98. The van der Waals surface area contributed by atoms with Crippen molar-refractivity contribution in [3.8, 4) is 11.3 Å². The molecule has 2 heterocycles. The topological polar surface area (TPSA) is 78.1 Å². The minimum atomic E-state index is -0.237. The summed E-state index contributed by atoms with van der Waals surface area (Å²) in [6, 6.07) is 19.5. The van der Waals surface area contributed by atoms with Crippen LogP contribution in [0.25, 0.3) is 11.3 Å². The van der Waals surface area contributed by atoms with Crippen LogP contribution in [0.2, 0.25) is 0 Å². The Bertz CT molecular complexity index is 953. The number of hydrogen-bond acceptors (Lipinski definition) is 3. The number of hydrogen-bond donors (Lipinski definition) is 2. The number of imidazole rings is 1. The Morgan fingerprint density at radius 1 is 1.11 bits per heavy atom. The van der Waals surface area contributed by atoms with E-state index in [0.717, 1.165) is 12.0 Å². The summed E-state index contributed by atoms with van der Waals surface area (Å²) in [6.07, 6.45) is 2.66. The number of aromatic nitrogens is 2. The number of benzene rings is 2. The first kappa shape index (κ1) is 18.0. The molecule has 1 atom stereocenters. The van der Waals surface area contributed by atoms with Crippen molar-refractivity contribution in [3.05, 3.63) is 78.2 Å². The van der Waals surface area contributed by atoms with Crippen molar-refractivity contribution < 1.29 is 9.59 Å². The predicted octanol–water partition coefficient (Wildman–Crippen LogP) is 2.65. The van der Waals surface area contributed by atoms with Crippen LogP contribution in [-0.2, 0) is 11.2 Å². The Kier molecular flexibility index (Phi) is 5.19. The van der Waals surface area contributed by atoms with Gasteiger partial charge < -0.3 is 15.2 Å². The summed E-state index contributed by atoms with van der Waals surface area (Å²) in [4.78, 5) is 34.1. The van der Waals surface area contributed by atoms with Crippen LogP contribution in [0.15, 0.2) is 67.0 Å². The summed E-state index contributed by atoms with van der Waals surface area (Å²) in [5, 5.41) is 2.98. The van der Waals surface area contributed by atoms with E-state index in [0.29, 0.717) is 30.9 Å². The Morgan fingerprint density at radius 2 is 1.82 bits per heavy atom. The van der Waals surface area contributed by atoms with Gasteiger partial charge in [-0.2, -0.15) is 0 Å². The van der Waals surface area contributed by atoms with Crippen molar-refractivity contribution in [1.82, 2.24) is 20.2 Å². The average molecular weight is 374 g/mol. The molecule has 2 N–H and O–H groups in total. The molecule has 1 aliphatic heterocycles. The van der Waals surface area contributed by atoms with Crippen molar-refractivity contribution >= 4 is 11.8 Å². The van der Waals surface area contributed by atoms with Crippen LogP contribution in [0.1, 0.15) is 22.5 Å². The fourth-order valence-corrected chi connectivity index (χ4v) is 3.53.